The van der Waals surface area contributed by atoms with Gasteiger partial charge in [-0.15, -0.1) is 0 Å². The largest absolute Gasteiger partial charge is 0.455 e. The molecule has 3 heteroatoms. The number of rotatable bonds is 2. The maximum atomic E-state index is 8.92. The second-order valence-electron chi connectivity index (χ2n) is 3.14. The molecule has 0 radical (unpaired) electrons. The highest BCUT2D eigenvalue weighted by molar-refractivity contribution is 9.10. The predicted octanol–water partition coefficient (Wildman–Crippen LogP) is 4.11. The molecule has 0 fully saturated rings. The van der Waals surface area contributed by atoms with Crippen LogP contribution < -0.4 is 4.74 Å². The fraction of sp³-hybridized carbons (Fsp3) is 0. The molecule has 2 aromatic carbocycles. The molecule has 0 N–H and O–H groups in total. The molecule has 0 heterocycles. The molecule has 0 atom stereocenters. The van der Waals surface area contributed by atoms with Crippen molar-refractivity contribution in [3.63, 3.8) is 0 Å². The molecule has 2 rings (SSSR count). The average Bonchev–Trinajstić information content (AvgIpc) is 2.33. The van der Waals surface area contributed by atoms with Crippen molar-refractivity contribution in [2.45, 2.75) is 0 Å². The van der Waals surface area contributed by atoms with E-state index in [1.807, 2.05) is 36.4 Å². The van der Waals surface area contributed by atoms with Gasteiger partial charge in [0.15, 0.2) is 0 Å². The number of benzene rings is 2. The van der Waals surface area contributed by atoms with E-state index in [1.54, 1.807) is 12.1 Å². The molecule has 0 amide bonds. The minimum absolute atomic E-state index is 0.526. The van der Waals surface area contributed by atoms with Gasteiger partial charge in [-0.05, 0) is 40.2 Å². The van der Waals surface area contributed by atoms with Crippen molar-refractivity contribution < 1.29 is 4.74 Å². The smallest absolute Gasteiger partial charge is 0.145 e. The van der Waals surface area contributed by atoms with Gasteiger partial charge < -0.3 is 4.74 Å². The standard InChI is InChI=1S/C13H8BrNO/c14-11-6-2-4-8-13(11)16-12-7-3-1-5-10(12)9-15/h1-8H. The molecule has 0 aliphatic carbocycles. The first-order chi connectivity index (χ1) is 7.81. The zero-order valence-corrected chi connectivity index (χ0v) is 9.94. The van der Waals surface area contributed by atoms with Crippen LogP contribution in [0.3, 0.4) is 0 Å². The Kier molecular flexibility index (Phi) is 3.23. The van der Waals surface area contributed by atoms with E-state index in [0.29, 0.717) is 17.1 Å². The Hall–Kier alpha value is -1.79. The summed E-state index contributed by atoms with van der Waals surface area (Å²) >= 11 is 3.39. The van der Waals surface area contributed by atoms with Gasteiger partial charge in [0.05, 0.1) is 10.0 Å². The summed E-state index contributed by atoms with van der Waals surface area (Å²) in [6.07, 6.45) is 0. The number of ether oxygens (including phenoxy) is 1. The van der Waals surface area contributed by atoms with Crippen LogP contribution in [0.4, 0.5) is 0 Å². The molecular formula is C13H8BrNO. The van der Waals surface area contributed by atoms with Crippen molar-refractivity contribution in [2.75, 3.05) is 0 Å². The van der Waals surface area contributed by atoms with E-state index in [0.717, 1.165) is 4.47 Å². The highest BCUT2D eigenvalue weighted by atomic mass is 79.9. The fourth-order valence-electron chi connectivity index (χ4n) is 1.29. The molecule has 0 saturated carbocycles. The molecule has 0 saturated heterocycles. The van der Waals surface area contributed by atoms with Crippen LogP contribution in [0.5, 0.6) is 11.5 Å². The summed E-state index contributed by atoms with van der Waals surface area (Å²) < 4.78 is 6.53. The van der Waals surface area contributed by atoms with Crippen molar-refractivity contribution in [1.82, 2.24) is 0 Å². The maximum absolute atomic E-state index is 8.92. The lowest BCUT2D eigenvalue weighted by Gasteiger charge is -2.08. The van der Waals surface area contributed by atoms with Crippen molar-refractivity contribution in [2.24, 2.45) is 0 Å². The van der Waals surface area contributed by atoms with E-state index in [2.05, 4.69) is 22.0 Å². The van der Waals surface area contributed by atoms with E-state index in [4.69, 9.17) is 10.00 Å². The van der Waals surface area contributed by atoms with Gasteiger partial charge >= 0.3 is 0 Å². The topological polar surface area (TPSA) is 33.0 Å². The second kappa shape index (κ2) is 4.82. The molecular weight excluding hydrogens is 266 g/mol. The van der Waals surface area contributed by atoms with Gasteiger partial charge in [-0.25, -0.2) is 0 Å². The second-order valence-corrected chi connectivity index (χ2v) is 3.99. The van der Waals surface area contributed by atoms with Crippen LogP contribution in [0.25, 0.3) is 0 Å². The van der Waals surface area contributed by atoms with Crippen molar-refractivity contribution >= 4 is 15.9 Å². The minimum Gasteiger partial charge on any atom is -0.455 e. The molecule has 0 spiro atoms. The summed E-state index contributed by atoms with van der Waals surface area (Å²) in [5.41, 5.74) is 0.526. The van der Waals surface area contributed by atoms with E-state index in [9.17, 15) is 0 Å². The number of hydrogen-bond donors (Lipinski definition) is 0. The van der Waals surface area contributed by atoms with Crippen molar-refractivity contribution in [1.29, 1.82) is 5.26 Å². The van der Waals surface area contributed by atoms with Crippen LogP contribution in [0, 0.1) is 11.3 Å². The number of hydrogen-bond acceptors (Lipinski definition) is 2. The predicted molar refractivity (Wildman–Crippen MR) is 65.4 cm³/mol. The molecule has 16 heavy (non-hydrogen) atoms. The quantitative estimate of drug-likeness (QED) is 0.825. The molecule has 0 aliphatic heterocycles. The SMILES string of the molecule is N#Cc1ccccc1Oc1ccccc1Br. The first kappa shape index (κ1) is 10.7. The highest BCUT2D eigenvalue weighted by Crippen LogP contribution is 2.30. The fourth-order valence-corrected chi connectivity index (χ4v) is 1.66. The average molecular weight is 274 g/mol. The normalized spacial score (nSPS) is 9.50. The Morgan fingerprint density at radius 2 is 1.56 bits per heavy atom. The van der Waals surface area contributed by atoms with Crippen LogP contribution in [-0.4, -0.2) is 0 Å². The maximum Gasteiger partial charge on any atom is 0.145 e. The van der Waals surface area contributed by atoms with Crippen LogP contribution in [0.2, 0.25) is 0 Å². The van der Waals surface area contributed by atoms with Gasteiger partial charge in [-0.1, -0.05) is 24.3 Å². The van der Waals surface area contributed by atoms with Crippen LogP contribution in [-0.2, 0) is 0 Å². The van der Waals surface area contributed by atoms with Gasteiger partial charge in [-0.2, -0.15) is 5.26 Å². The third-order valence-corrected chi connectivity index (χ3v) is 2.72. The number of para-hydroxylation sites is 2. The van der Waals surface area contributed by atoms with Crippen LogP contribution >= 0.6 is 15.9 Å². The van der Waals surface area contributed by atoms with Crippen molar-refractivity contribution in [3.8, 4) is 17.6 Å². The zero-order chi connectivity index (χ0) is 11.4. The first-order valence-electron chi connectivity index (χ1n) is 4.73. The van der Waals surface area contributed by atoms with Gasteiger partial charge in [0.25, 0.3) is 0 Å². The number of nitrogens with zero attached hydrogens (tertiary/aromatic N) is 1. The Morgan fingerprint density at radius 3 is 2.25 bits per heavy atom. The summed E-state index contributed by atoms with van der Waals surface area (Å²) in [6, 6.07) is 16.8. The van der Waals surface area contributed by atoms with E-state index in [1.165, 1.54) is 0 Å². The monoisotopic (exact) mass is 273 g/mol. The Morgan fingerprint density at radius 1 is 0.938 bits per heavy atom. The lowest BCUT2D eigenvalue weighted by atomic mass is 10.2. The first-order valence-corrected chi connectivity index (χ1v) is 5.52. The molecule has 0 unspecified atom stereocenters. The van der Waals surface area contributed by atoms with E-state index < -0.39 is 0 Å². The molecule has 2 aromatic rings. The lowest BCUT2D eigenvalue weighted by molar-refractivity contribution is 0.478. The zero-order valence-electron chi connectivity index (χ0n) is 8.35. The van der Waals surface area contributed by atoms with Crippen LogP contribution in [0.1, 0.15) is 5.56 Å². The minimum atomic E-state index is 0.526. The Bertz CT molecular complexity index is 546. The molecule has 0 bridgehead atoms. The molecule has 2 nitrogen and oxygen atoms in total. The summed E-state index contributed by atoms with van der Waals surface area (Å²) in [4.78, 5) is 0. The summed E-state index contributed by atoms with van der Waals surface area (Å²) in [5, 5.41) is 8.92. The Labute approximate surface area is 102 Å². The summed E-state index contributed by atoms with van der Waals surface area (Å²) in [5.74, 6) is 1.27. The molecule has 0 aromatic heterocycles. The summed E-state index contributed by atoms with van der Waals surface area (Å²) in [7, 11) is 0. The Balaban J connectivity index is 2.35. The number of nitriles is 1. The molecule has 78 valence electrons. The van der Waals surface area contributed by atoms with Gasteiger partial charge in [0, 0.05) is 0 Å². The highest BCUT2D eigenvalue weighted by Gasteiger charge is 2.05. The molecule has 0 aliphatic rings. The third-order valence-electron chi connectivity index (χ3n) is 2.06. The summed E-state index contributed by atoms with van der Waals surface area (Å²) in [6.45, 7) is 0. The number of halogens is 1. The van der Waals surface area contributed by atoms with Crippen LogP contribution in [0.15, 0.2) is 53.0 Å². The van der Waals surface area contributed by atoms with Gasteiger partial charge in [0.1, 0.15) is 17.6 Å². The van der Waals surface area contributed by atoms with E-state index in [-0.39, 0.29) is 0 Å². The lowest BCUT2D eigenvalue weighted by Crippen LogP contribution is -1.88. The van der Waals surface area contributed by atoms with Gasteiger partial charge in [0.2, 0.25) is 0 Å². The van der Waals surface area contributed by atoms with Crippen molar-refractivity contribution in [3.05, 3.63) is 58.6 Å². The van der Waals surface area contributed by atoms with E-state index >= 15 is 0 Å². The third kappa shape index (κ3) is 2.23. The van der Waals surface area contributed by atoms with Gasteiger partial charge in [-0.3, -0.25) is 0 Å².